The molecule has 0 bridgehead atoms. The van der Waals surface area contributed by atoms with E-state index in [9.17, 15) is 4.79 Å². The molecule has 0 unspecified atom stereocenters. The zero-order valence-corrected chi connectivity index (χ0v) is 12.3. The number of rotatable bonds is 5. The first kappa shape index (κ1) is 14.7. The Balaban J connectivity index is 3.00. The van der Waals surface area contributed by atoms with Crippen LogP contribution in [0.25, 0.3) is 0 Å². The molecule has 1 aromatic carbocycles. The summed E-state index contributed by atoms with van der Waals surface area (Å²) in [7, 11) is 3.67. The van der Waals surface area contributed by atoms with E-state index in [2.05, 4.69) is 26.8 Å². The topological polar surface area (TPSA) is 29.5 Å². The van der Waals surface area contributed by atoms with Gasteiger partial charge in [-0.05, 0) is 57.0 Å². The Labute approximate surface area is 110 Å². The second-order valence-electron chi connectivity index (χ2n) is 5.01. The average molecular weight is 249 g/mol. The highest BCUT2D eigenvalue weighted by atomic mass is 16.5. The maximum atomic E-state index is 11.1. The van der Waals surface area contributed by atoms with Crippen molar-refractivity contribution in [3.8, 4) is 5.75 Å². The minimum atomic E-state index is 0.192. The Morgan fingerprint density at radius 1 is 1.28 bits per heavy atom. The number of aryl methyl sites for hydroxylation is 1. The zero-order chi connectivity index (χ0) is 13.9. The van der Waals surface area contributed by atoms with Gasteiger partial charge in [0, 0.05) is 6.54 Å². The zero-order valence-electron chi connectivity index (χ0n) is 12.3. The van der Waals surface area contributed by atoms with Crippen LogP contribution < -0.4 is 4.74 Å². The molecule has 3 nitrogen and oxygen atoms in total. The summed E-state index contributed by atoms with van der Waals surface area (Å²) in [5.74, 6) is 1.16. The normalized spacial score (nSPS) is 10.8. The monoisotopic (exact) mass is 249 g/mol. The quantitative estimate of drug-likeness (QED) is 0.803. The van der Waals surface area contributed by atoms with E-state index in [1.54, 1.807) is 14.0 Å². The number of Topliss-reactive ketones (excluding diaryl/α,β-unsaturated/α-hetero) is 1. The van der Waals surface area contributed by atoms with Crippen molar-refractivity contribution in [1.29, 1.82) is 0 Å². The summed E-state index contributed by atoms with van der Waals surface area (Å²) >= 11 is 0. The van der Waals surface area contributed by atoms with Crippen LogP contribution in [0, 0.1) is 20.8 Å². The van der Waals surface area contributed by atoms with Gasteiger partial charge in [0.15, 0.2) is 0 Å². The third-order valence-corrected chi connectivity index (χ3v) is 3.27. The number of ether oxygens (including phenoxy) is 1. The van der Waals surface area contributed by atoms with Crippen molar-refractivity contribution in [2.75, 3.05) is 20.7 Å². The van der Waals surface area contributed by atoms with Gasteiger partial charge in [0.05, 0.1) is 13.7 Å². The van der Waals surface area contributed by atoms with Gasteiger partial charge >= 0.3 is 0 Å². The molecule has 0 fully saturated rings. The minimum absolute atomic E-state index is 0.192. The molecule has 0 heterocycles. The van der Waals surface area contributed by atoms with Crippen molar-refractivity contribution in [2.45, 2.75) is 34.2 Å². The lowest BCUT2D eigenvalue weighted by molar-refractivity contribution is -0.117. The average Bonchev–Trinajstić information content (AvgIpc) is 2.25. The Morgan fingerprint density at radius 3 is 2.39 bits per heavy atom. The van der Waals surface area contributed by atoms with Crippen LogP contribution in [-0.2, 0) is 11.3 Å². The molecule has 0 saturated heterocycles. The smallest absolute Gasteiger partial charge is 0.143 e. The van der Waals surface area contributed by atoms with Gasteiger partial charge in [-0.25, -0.2) is 0 Å². The molecule has 3 heteroatoms. The lowest BCUT2D eigenvalue weighted by Gasteiger charge is -2.20. The molecule has 0 spiro atoms. The first-order valence-corrected chi connectivity index (χ1v) is 6.18. The number of nitrogens with zero attached hydrogens (tertiary/aromatic N) is 1. The van der Waals surface area contributed by atoms with Crippen LogP contribution >= 0.6 is 0 Å². The van der Waals surface area contributed by atoms with Crippen LogP contribution in [0.5, 0.6) is 5.75 Å². The van der Waals surface area contributed by atoms with Gasteiger partial charge in [-0.2, -0.15) is 0 Å². The number of carbonyl (C=O) groups excluding carboxylic acids is 1. The molecular formula is C15H23NO2. The van der Waals surface area contributed by atoms with Gasteiger partial charge in [0.2, 0.25) is 0 Å². The molecule has 1 aromatic rings. The second kappa shape index (κ2) is 6.01. The Bertz CT molecular complexity index is 452. The van der Waals surface area contributed by atoms with Gasteiger partial charge in [-0.3, -0.25) is 9.69 Å². The molecule has 0 amide bonds. The van der Waals surface area contributed by atoms with Crippen LogP contribution in [0.15, 0.2) is 6.07 Å². The molecular weight excluding hydrogens is 226 g/mol. The van der Waals surface area contributed by atoms with E-state index in [4.69, 9.17) is 4.74 Å². The molecule has 18 heavy (non-hydrogen) atoms. The Kier molecular flexibility index (Phi) is 4.91. The number of hydrogen-bond donors (Lipinski definition) is 0. The summed E-state index contributed by atoms with van der Waals surface area (Å²) < 4.78 is 5.41. The van der Waals surface area contributed by atoms with Gasteiger partial charge in [-0.15, -0.1) is 0 Å². The standard InChI is InChI=1S/C15H23NO2/c1-10-7-14(9-16(5)8-11(2)17)12(3)13(4)15(10)18-6/h7H,8-9H2,1-6H3. The van der Waals surface area contributed by atoms with Crippen molar-refractivity contribution in [3.05, 3.63) is 28.3 Å². The number of benzene rings is 1. The predicted molar refractivity (Wildman–Crippen MR) is 74.2 cm³/mol. The van der Waals surface area contributed by atoms with E-state index in [0.717, 1.165) is 17.9 Å². The summed E-state index contributed by atoms with van der Waals surface area (Å²) in [6.45, 7) is 9.14. The van der Waals surface area contributed by atoms with E-state index in [-0.39, 0.29) is 5.78 Å². The predicted octanol–water partition coefficient (Wildman–Crippen LogP) is 2.64. The van der Waals surface area contributed by atoms with Crippen LogP contribution in [-0.4, -0.2) is 31.4 Å². The first-order valence-electron chi connectivity index (χ1n) is 6.18. The second-order valence-corrected chi connectivity index (χ2v) is 5.01. The van der Waals surface area contributed by atoms with Gasteiger partial charge < -0.3 is 4.74 Å². The molecule has 0 atom stereocenters. The van der Waals surface area contributed by atoms with Crippen molar-refractivity contribution < 1.29 is 9.53 Å². The first-order chi connectivity index (χ1) is 8.36. The molecule has 0 aromatic heterocycles. The van der Waals surface area contributed by atoms with E-state index in [1.165, 1.54) is 16.7 Å². The maximum absolute atomic E-state index is 11.1. The van der Waals surface area contributed by atoms with Crippen LogP contribution in [0.2, 0.25) is 0 Å². The highest BCUT2D eigenvalue weighted by Gasteiger charge is 2.12. The van der Waals surface area contributed by atoms with Crippen molar-refractivity contribution in [1.82, 2.24) is 4.90 Å². The highest BCUT2D eigenvalue weighted by Crippen LogP contribution is 2.28. The molecule has 0 radical (unpaired) electrons. The summed E-state index contributed by atoms with van der Waals surface area (Å²) in [6.07, 6.45) is 0. The molecule has 1 rings (SSSR count). The molecule has 0 saturated carbocycles. The van der Waals surface area contributed by atoms with Gasteiger partial charge in [-0.1, -0.05) is 6.07 Å². The van der Waals surface area contributed by atoms with Crippen molar-refractivity contribution in [3.63, 3.8) is 0 Å². The molecule has 0 N–H and O–H groups in total. The van der Waals surface area contributed by atoms with E-state index >= 15 is 0 Å². The number of hydrogen-bond acceptors (Lipinski definition) is 3. The molecule has 0 aliphatic carbocycles. The maximum Gasteiger partial charge on any atom is 0.143 e. The van der Waals surface area contributed by atoms with E-state index in [0.29, 0.717) is 6.54 Å². The molecule has 0 aliphatic rings. The molecule has 0 aliphatic heterocycles. The largest absolute Gasteiger partial charge is 0.496 e. The molecule has 100 valence electrons. The van der Waals surface area contributed by atoms with Gasteiger partial charge in [0.1, 0.15) is 11.5 Å². The van der Waals surface area contributed by atoms with Crippen molar-refractivity contribution >= 4 is 5.78 Å². The Morgan fingerprint density at radius 2 is 1.89 bits per heavy atom. The van der Waals surface area contributed by atoms with Crippen LogP contribution in [0.4, 0.5) is 0 Å². The number of methoxy groups -OCH3 is 1. The van der Waals surface area contributed by atoms with Crippen LogP contribution in [0.3, 0.4) is 0 Å². The fourth-order valence-corrected chi connectivity index (χ4v) is 2.35. The fraction of sp³-hybridized carbons (Fsp3) is 0.533. The summed E-state index contributed by atoms with van der Waals surface area (Å²) in [4.78, 5) is 13.1. The van der Waals surface area contributed by atoms with Crippen molar-refractivity contribution in [2.24, 2.45) is 0 Å². The van der Waals surface area contributed by atoms with E-state index in [1.807, 2.05) is 11.9 Å². The van der Waals surface area contributed by atoms with Gasteiger partial charge in [0.25, 0.3) is 0 Å². The van der Waals surface area contributed by atoms with Crippen LogP contribution in [0.1, 0.15) is 29.2 Å². The number of carbonyl (C=O) groups is 1. The van der Waals surface area contributed by atoms with E-state index < -0.39 is 0 Å². The fourth-order valence-electron chi connectivity index (χ4n) is 2.35. The third kappa shape index (κ3) is 3.33. The summed E-state index contributed by atoms with van der Waals surface area (Å²) in [5, 5.41) is 0. The number of likely N-dealkylation sites (N-methyl/N-ethyl adjacent to an activating group) is 1. The SMILES string of the molecule is COc1c(C)cc(CN(C)CC(C)=O)c(C)c1C. The highest BCUT2D eigenvalue weighted by molar-refractivity contribution is 5.77. The lowest BCUT2D eigenvalue weighted by Crippen LogP contribution is -2.24. The third-order valence-electron chi connectivity index (χ3n) is 3.27. The lowest BCUT2D eigenvalue weighted by atomic mass is 9.98. The summed E-state index contributed by atoms with van der Waals surface area (Å²) in [5.41, 5.74) is 4.83. The Hall–Kier alpha value is -1.35. The number of ketones is 1. The summed E-state index contributed by atoms with van der Waals surface area (Å²) in [6, 6.07) is 2.15. The minimum Gasteiger partial charge on any atom is -0.496 e.